The maximum atomic E-state index is 12.8. The highest BCUT2D eigenvalue weighted by molar-refractivity contribution is 7.12. The Bertz CT molecular complexity index is 736. The van der Waals surface area contributed by atoms with Crippen LogP contribution in [0.2, 0.25) is 0 Å². The van der Waals surface area contributed by atoms with Crippen molar-refractivity contribution >= 4 is 23.5 Å². The van der Waals surface area contributed by atoms with E-state index in [1.807, 2.05) is 0 Å². The van der Waals surface area contributed by atoms with Gasteiger partial charge in [-0.2, -0.15) is 14.6 Å². The molecule has 23 heavy (non-hydrogen) atoms. The van der Waals surface area contributed by atoms with Gasteiger partial charge in [-0.15, -0.1) is 11.3 Å². The van der Waals surface area contributed by atoms with E-state index in [9.17, 15) is 18.0 Å². The molecule has 5 nitrogen and oxygen atoms in total. The third-order valence-electron chi connectivity index (χ3n) is 3.32. The fraction of sp³-hybridized carbons (Fsp3) is 0.357. The molecular weight excluding hydrogens is 329 g/mol. The number of hydrazone groups is 1. The van der Waals surface area contributed by atoms with Crippen molar-refractivity contribution in [3.8, 4) is 0 Å². The maximum Gasteiger partial charge on any atom is 0.282 e. The maximum absolute atomic E-state index is 12.8. The topological polar surface area (TPSA) is 59.3 Å². The summed E-state index contributed by atoms with van der Waals surface area (Å²) in [7, 11) is 0. The summed E-state index contributed by atoms with van der Waals surface area (Å²) in [4.78, 5) is 12.4. The fourth-order valence-electron chi connectivity index (χ4n) is 2.13. The lowest BCUT2D eigenvalue weighted by Gasteiger charge is -2.05. The molecule has 0 unspecified atom stereocenters. The summed E-state index contributed by atoms with van der Waals surface area (Å²) in [5, 5.41) is 7.16. The van der Waals surface area contributed by atoms with Gasteiger partial charge in [0, 0.05) is 11.6 Å². The smallest absolute Gasteiger partial charge is 0.271 e. The van der Waals surface area contributed by atoms with Gasteiger partial charge in [-0.25, -0.2) is 14.2 Å². The molecule has 122 valence electrons. The van der Waals surface area contributed by atoms with Gasteiger partial charge in [-0.3, -0.25) is 9.48 Å². The molecule has 9 heteroatoms. The van der Waals surface area contributed by atoms with Crippen LogP contribution in [0.25, 0.3) is 0 Å². The van der Waals surface area contributed by atoms with Gasteiger partial charge in [0.05, 0.1) is 11.1 Å². The zero-order chi connectivity index (χ0) is 16.4. The van der Waals surface area contributed by atoms with Gasteiger partial charge < -0.3 is 0 Å². The van der Waals surface area contributed by atoms with Crippen molar-refractivity contribution in [2.24, 2.45) is 5.10 Å². The number of thiophene rings is 1. The average Bonchev–Trinajstić information content (AvgIpc) is 3.12. The van der Waals surface area contributed by atoms with E-state index in [0.717, 1.165) is 24.2 Å². The van der Waals surface area contributed by atoms with E-state index < -0.39 is 12.3 Å². The largest absolute Gasteiger partial charge is 0.282 e. The van der Waals surface area contributed by atoms with Crippen molar-refractivity contribution in [2.75, 3.05) is 0 Å². The molecule has 1 N–H and O–H groups in total. The Labute approximate surface area is 133 Å². The minimum absolute atomic E-state index is 0.186. The van der Waals surface area contributed by atoms with Gasteiger partial charge in [0.25, 0.3) is 12.3 Å². The standard InChI is InChI=1S/C14H13F3N4OS/c15-12-4-3-9(23-12)6-18-19-13(22)7-21-11(8-1-2-8)5-10(20-21)14(16)17/h3-6,8,14H,1-2,7H2,(H,19,22)/b18-6-. The molecule has 2 aromatic rings. The van der Waals surface area contributed by atoms with Gasteiger partial charge >= 0.3 is 0 Å². The summed E-state index contributed by atoms with van der Waals surface area (Å²) in [6, 6.07) is 4.18. The van der Waals surface area contributed by atoms with Crippen LogP contribution in [0.5, 0.6) is 0 Å². The second-order valence-electron chi connectivity index (χ2n) is 5.16. The Hall–Kier alpha value is -2.16. The van der Waals surface area contributed by atoms with E-state index in [2.05, 4.69) is 15.6 Å². The van der Waals surface area contributed by atoms with Crippen molar-refractivity contribution < 1.29 is 18.0 Å². The summed E-state index contributed by atoms with van der Waals surface area (Å²) in [6.45, 7) is -0.186. The molecule has 0 spiro atoms. The molecule has 1 fully saturated rings. The molecule has 1 aliphatic carbocycles. The molecule has 1 aliphatic rings. The Morgan fingerprint density at radius 3 is 2.91 bits per heavy atom. The van der Waals surface area contributed by atoms with Crippen LogP contribution in [0.1, 0.15) is 41.4 Å². The van der Waals surface area contributed by atoms with Crippen molar-refractivity contribution in [3.05, 3.63) is 39.6 Å². The summed E-state index contributed by atoms with van der Waals surface area (Å²) in [6.07, 6.45) is 0.487. The molecule has 0 bridgehead atoms. The predicted octanol–water partition coefficient (Wildman–Crippen LogP) is 3.05. The molecule has 2 aromatic heterocycles. The number of aromatic nitrogens is 2. The number of nitrogens with zero attached hydrogens (tertiary/aromatic N) is 3. The first-order valence-corrected chi connectivity index (χ1v) is 7.77. The highest BCUT2D eigenvalue weighted by Crippen LogP contribution is 2.41. The number of carbonyl (C=O) groups is 1. The van der Waals surface area contributed by atoms with Gasteiger partial charge in [-0.1, -0.05) is 0 Å². The van der Waals surface area contributed by atoms with Crippen molar-refractivity contribution in [1.82, 2.24) is 15.2 Å². The predicted molar refractivity (Wildman–Crippen MR) is 79.2 cm³/mol. The molecule has 0 radical (unpaired) electrons. The Morgan fingerprint density at radius 2 is 2.30 bits per heavy atom. The summed E-state index contributed by atoms with van der Waals surface area (Å²) >= 11 is 0.896. The fourth-order valence-corrected chi connectivity index (χ4v) is 2.73. The number of halogens is 3. The monoisotopic (exact) mass is 342 g/mol. The molecule has 0 saturated heterocycles. The Balaban J connectivity index is 1.62. The SMILES string of the molecule is O=C(Cn1nc(C(F)F)cc1C1CC1)N/N=C\c1ccc(F)s1. The minimum Gasteiger partial charge on any atom is -0.271 e. The summed E-state index contributed by atoms with van der Waals surface area (Å²) < 4.78 is 39.6. The lowest BCUT2D eigenvalue weighted by molar-refractivity contribution is -0.121. The normalized spacial score (nSPS) is 14.8. The van der Waals surface area contributed by atoms with E-state index in [1.165, 1.54) is 29.1 Å². The molecule has 0 aliphatic heterocycles. The van der Waals surface area contributed by atoms with E-state index in [1.54, 1.807) is 0 Å². The number of amides is 1. The lowest BCUT2D eigenvalue weighted by Crippen LogP contribution is -2.24. The average molecular weight is 342 g/mol. The third kappa shape index (κ3) is 3.98. The number of rotatable bonds is 6. The molecule has 1 saturated carbocycles. The molecule has 3 rings (SSSR count). The van der Waals surface area contributed by atoms with Crippen molar-refractivity contribution in [3.63, 3.8) is 0 Å². The highest BCUT2D eigenvalue weighted by Gasteiger charge is 2.30. The van der Waals surface area contributed by atoms with Gasteiger partial charge in [0.15, 0.2) is 5.13 Å². The van der Waals surface area contributed by atoms with E-state index in [4.69, 9.17) is 0 Å². The third-order valence-corrected chi connectivity index (χ3v) is 4.13. The first-order chi connectivity index (χ1) is 11.0. The van der Waals surface area contributed by atoms with E-state index >= 15 is 0 Å². The minimum atomic E-state index is -2.66. The van der Waals surface area contributed by atoms with Crippen molar-refractivity contribution in [1.29, 1.82) is 0 Å². The second-order valence-corrected chi connectivity index (χ2v) is 6.23. The molecular formula is C14H13F3N4OS. The van der Waals surface area contributed by atoms with Crippen LogP contribution < -0.4 is 5.43 Å². The number of alkyl halides is 2. The molecule has 1 amide bonds. The van der Waals surface area contributed by atoms with Crippen LogP contribution in [0, 0.1) is 5.13 Å². The summed E-state index contributed by atoms with van der Waals surface area (Å²) in [5.41, 5.74) is 2.61. The zero-order valence-electron chi connectivity index (χ0n) is 11.9. The van der Waals surface area contributed by atoms with E-state index in [-0.39, 0.29) is 23.3 Å². The number of carbonyl (C=O) groups excluding carboxylic acids is 1. The number of hydrogen-bond acceptors (Lipinski definition) is 4. The Kier molecular flexibility index (Phi) is 4.46. The van der Waals surface area contributed by atoms with Crippen LogP contribution >= 0.6 is 11.3 Å². The Morgan fingerprint density at radius 1 is 1.52 bits per heavy atom. The van der Waals surface area contributed by atoms with Gasteiger partial charge in [0.1, 0.15) is 12.2 Å². The van der Waals surface area contributed by atoms with Gasteiger partial charge in [0.2, 0.25) is 0 Å². The highest BCUT2D eigenvalue weighted by atomic mass is 32.1. The second kappa shape index (κ2) is 6.53. The number of nitrogens with one attached hydrogen (secondary N) is 1. The first-order valence-electron chi connectivity index (χ1n) is 6.96. The van der Waals surface area contributed by atoms with Crippen molar-refractivity contribution in [2.45, 2.75) is 31.7 Å². The van der Waals surface area contributed by atoms with Crippen LogP contribution in [0.4, 0.5) is 13.2 Å². The van der Waals surface area contributed by atoms with Crippen LogP contribution in [0.15, 0.2) is 23.3 Å². The lowest BCUT2D eigenvalue weighted by atomic mass is 10.2. The molecule has 0 atom stereocenters. The van der Waals surface area contributed by atoms with Crippen LogP contribution in [-0.4, -0.2) is 21.9 Å². The number of hydrogen-bond donors (Lipinski definition) is 1. The summed E-state index contributed by atoms with van der Waals surface area (Å²) in [5.74, 6) is -0.288. The first kappa shape index (κ1) is 15.7. The quantitative estimate of drug-likeness (QED) is 0.648. The zero-order valence-corrected chi connectivity index (χ0v) is 12.7. The molecule has 2 heterocycles. The van der Waals surface area contributed by atoms with Crippen LogP contribution in [0.3, 0.4) is 0 Å². The molecule has 0 aromatic carbocycles. The van der Waals surface area contributed by atoms with E-state index in [0.29, 0.717) is 10.6 Å². The van der Waals surface area contributed by atoms with Crippen LogP contribution in [-0.2, 0) is 11.3 Å². The van der Waals surface area contributed by atoms with Gasteiger partial charge in [-0.05, 0) is 31.0 Å².